The lowest BCUT2D eigenvalue weighted by Gasteiger charge is -1.98. The van der Waals surface area contributed by atoms with E-state index in [1.807, 2.05) is 0 Å². The Morgan fingerprint density at radius 3 is 2.83 bits per heavy atom. The average Bonchev–Trinajstić information content (AvgIpc) is 2.15. The van der Waals surface area contributed by atoms with E-state index in [1.165, 1.54) is 12.4 Å². The Balaban J connectivity index is 2.59. The minimum Gasteiger partial charge on any atom is -0.346 e. The zero-order valence-corrected chi connectivity index (χ0v) is 6.53. The van der Waals surface area contributed by atoms with E-state index in [9.17, 15) is 4.79 Å². The van der Waals surface area contributed by atoms with Crippen LogP contribution >= 0.6 is 0 Å². The molecule has 0 fully saturated rings. The van der Waals surface area contributed by atoms with Gasteiger partial charge in [-0.25, -0.2) is 9.97 Å². The van der Waals surface area contributed by atoms with Gasteiger partial charge in [0.15, 0.2) is 0 Å². The second-order valence-electron chi connectivity index (χ2n) is 2.07. The van der Waals surface area contributed by atoms with Gasteiger partial charge in [-0.15, -0.1) is 6.58 Å². The van der Waals surface area contributed by atoms with Crippen LogP contribution in [0.15, 0.2) is 31.1 Å². The summed E-state index contributed by atoms with van der Waals surface area (Å²) >= 11 is 0. The van der Waals surface area contributed by atoms with E-state index >= 15 is 0 Å². The molecule has 1 N–H and O–H groups in total. The first-order chi connectivity index (χ1) is 5.84. The molecule has 0 aliphatic heterocycles. The Morgan fingerprint density at radius 2 is 2.25 bits per heavy atom. The Bertz CT molecular complexity index is 271. The first-order valence-electron chi connectivity index (χ1n) is 3.50. The van der Waals surface area contributed by atoms with Gasteiger partial charge in [-0.3, -0.25) is 4.79 Å². The van der Waals surface area contributed by atoms with Gasteiger partial charge in [0, 0.05) is 18.9 Å². The molecule has 1 rings (SSSR count). The van der Waals surface area contributed by atoms with Gasteiger partial charge in [0.2, 0.25) is 5.82 Å². The quantitative estimate of drug-likeness (QED) is 0.656. The summed E-state index contributed by atoms with van der Waals surface area (Å²) in [6.07, 6.45) is 4.65. The van der Waals surface area contributed by atoms with Crippen molar-refractivity contribution in [1.29, 1.82) is 0 Å². The van der Waals surface area contributed by atoms with Gasteiger partial charge in [-0.2, -0.15) is 0 Å². The molecule has 0 saturated carbocycles. The molecular formula is C8H9N3O. The molecule has 4 nitrogen and oxygen atoms in total. The molecule has 1 amide bonds. The molecule has 0 unspecified atom stereocenters. The van der Waals surface area contributed by atoms with Gasteiger partial charge in [-0.05, 0) is 6.07 Å². The summed E-state index contributed by atoms with van der Waals surface area (Å²) in [6.45, 7) is 3.90. The highest BCUT2D eigenvalue weighted by Crippen LogP contribution is 1.85. The lowest BCUT2D eigenvalue weighted by atomic mass is 10.5. The molecule has 0 aliphatic rings. The van der Waals surface area contributed by atoms with Crippen molar-refractivity contribution in [2.45, 2.75) is 0 Å². The maximum Gasteiger partial charge on any atom is 0.289 e. The van der Waals surface area contributed by atoms with E-state index in [1.54, 1.807) is 12.1 Å². The van der Waals surface area contributed by atoms with Crippen LogP contribution in [0.3, 0.4) is 0 Å². The van der Waals surface area contributed by atoms with E-state index in [4.69, 9.17) is 0 Å². The molecule has 0 aliphatic carbocycles. The predicted octanol–water partition coefficient (Wildman–Crippen LogP) is 0.392. The zero-order valence-electron chi connectivity index (χ0n) is 6.53. The smallest absolute Gasteiger partial charge is 0.289 e. The summed E-state index contributed by atoms with van der Waals surface area (Å²) in [5.74, 6) is -0.102. The number of rotatable bonds is 3. The second-order valence-corrected chi connectivity index (χ2v) is 2.07. The van der Waals surface area contributed by atoms with E-state index in [0.717, 1.165) is 0 Å². The summed E-state index contributed by atoms with van der Waals surface area (Å²) in [5.41, 5.74) is 0. The summed E-state index contributed by atoms with van der Waals surface area (Å²) < 4.78 is 0. The third-order valence-corrected chi connectivity index (χ3v) is 1.18. The van der Waals surface area contributed by atoms with Crippen molar-refractivity contribution >= 4 is 5.91 Å². The first kappa shape index (κ1) is 8.39. The number of carbonyl (C=O) groups excluding carboxylic acids is 1. The van der Waals surface area contributed by atoms with E-state index in [-0.39, 0.29) is 11.7 Å². The van der Waals surface area contributed by atoms with Crippen molar-refractivity contribution in [1.82, 2.24) is 15.3 Å². The van der Waals surface area contributed by atoms with Crippen molar-refractivity contribution < 1.29 is 4.79 Å². The van der Waals surface area contributed by atoms with Crippen LogP contribution in [0.5, 0.6) is 0 Å². The third kappa shape index (κ3) is 2.16. The van der Waals surface area contributed by atoms with Gasteiger partial charge in [-0.1, -0.05) is 6.08 Å². The van der Waals surface area contributed by atoms with Crippen LogP contribution in [0.2, 0.25) is 0 Å². The Labute approximate surface area is 70.4 Å². The number of carbonyl (C=O) groups is 1. The van der Waals surface area contributed by atoms with Gasteiger partial charge < -0.3 is 5.32 Å². The summed E-state index contributed by atoms with van der Waals surface area (Å²) in [7, 11) is 0. The van der Waals surface area contributed by atoms with Crippen molar-refractivity contribution in [3.8, 4) is 0 Å². The normalized spacial score (nSPS) is 9.00. The highest BCUT2D eigenvalue weighted by Gasteiger charge is 2.04. The SMILES string of the molecule is C=CCNC(=O)c1ncccn1. The highest BCUT2D eigenvalue weighted by atomic mass is 16.2. The number of nitrogens with zero attached hydrogens (tertiary/aromatic N) is 2. The topological polar surface area (TPSA) is 54.9 Å². The van der Waals surface area contributed by atoms with E-state index in [2.05, 4.69) is 21.9 Å². The minimum atomic E-state index is -0.282. The standard InChI is InChI=1S/C8H9N3O/c1-2-4-11-8(12)7-9-5-3-6-10-7/h2-3,5-6H,1,4H2,(H,11,12). The van der Waals surface area contributed by atoms with Gasteiger partial charge >= 0.3 is 0 Å². The van der Waals surface area contributed by atoms with E-state index in [0.29, 0.717) is 6.54 Å². The molecule has 0 radical (unpaired) electrons. The third-order valence-electron chi connectivity index (χ3n) is 1.18. The lowest BCUT2D eigenvalue weighted by Crippen LogP contribution is -2.25. The maximum atomic E-state index is 11.1. The fourth-order valence-corrected chi connectivity index (χ4v) is 0.660. The van der Waals surface area contributed by atoms with Crippen molar-refractivity contribution in [3.05, 3.63) is 36.9 Å². The van der Waals surface area contributed by atoms with Crippen LogP contribution < -0.4 is 5.32 Å². The summed E-state index contributed by atoms with van der Waals surface area (Å²) in [4.78, 5) is 18.7. The monoisotopic (exact) mass is 163 g/mol. The van der Waals surface area contributed by atoms with Crippen molar-refractivity contribution in [2.24, 2.45) is 0 Å². The Hall–Kier alpha value is -1.71. The van der Waals surface area contributed by atoms with Gasteiger partial charge in [0.05, 0.1) is 0 Å². The van der Waals surface area contributed by atoms with Crippen LogP contribution in [0.25, 0.3) is 0 Å². The molecule has 1 aromatic rings. The molecule has 0 spiro atoms. The maximum absolute atomic E-state index is 11.1. The second kappa shape index (κ2) is 4.23. The fourth-order valence-electron chi connectivity index (χ4n) is 0.660. The fraction of sp³-hybridized carbons (Fsp3) is 0.125. The lowest BCUT2D eigenvalue weighted by molar-refractivity contribution is 0.0947. The number of hydrogen-bond donors (Lipinski definition) is 1. The largest absolute Gasteiger partial charge is 0.346 e. The van der Waals surface area contributed by atoms with Crippen LogP contribution in [0.1, 0.15) is 10.6 Å². The minimum absolute atomic E-state index is 0.180. The molecule has 1 aromatic heterocycles. The molecule has 62 valence electrons. The molecule has 0 saturated heterocycles. The Morgan fingerprint density at radius 1 is 1.58 bits per heavy atom. The van der Waals surface area contributed by atoms with Crippen molar-refractivity contribution in [2.75, 3.05) is 6.54 Å². The summed E-state index contributed by atoms with van der Waals surface area (Å²) in [6, 6.07) is 1.66. The highest BCUT2D eigenvalue weighted by molar-refractivity contribution is 5.90. The molecule has 0 atom stereocenters. The molecule has 4 heteroatoms. The van der Waals surface area contributed by atoms with Crippen molar-refractivity contribution in [3.63, 3.8) is 0 Å². The number of amides is 1. The predicted molar refractivity (Wildman–Crippen MR) is 44.6 cm³/mol. The first-order valence-corrected chi connectivity index (χ1v) is 3.50. The van der Waals surface area contributed by atoms with Crippen LogP contribution in [-0.2, 0) is 0 Å². The molecule has 1 heterocycles. The van der Waals surface area contributed by atoms with Crippen LogP contribution in [0.4, 0.5) is 0 Å². The number of hydrogen-bond acceptors (Lipinski definition) is 3. The van der Waals surface area contributed by atoms with Crippen LogP contribution in [0, 0.1) is 0 Å². The molecule has 0 aromatic carbocycles. The number of nitrogens with one attached hydrogen (secondary N) is 1. The average molecular weight is 163 g/mol. The Kier molecular flexibility index (Phi) is 2.95. The van der Waals surface area contributed by atoms with E-state index < -0.39 is 0 Å². The molecule has 0 bridgehead atoms. The summed E-state index contributed by atoms with van der Waals surface area (Å²) in [5, 5.41) is 2.57. The zero-order chi connectivity index (χ0) is 8.81. The van der Waals surface area contributed by atoms with Gasteiger partial charge in [0.25, 0.3) is 5.91 Å². The molecular weight excluding hydrogens is 154 g/mol. The number of aromatic nitrogens is 2. The van der Waals surface area contributed by atoms with Crippen LogP contribution in [-0.4, -0.2) is 22.4 Å². The van der Waals surface area contributed by atoms with Gasteiger partial charge in [0.1, 0.15) is 0 Å². The molecule has 12 heavy (non-hydrogen) atoms.